The molecule has 1 aliphatic carbocycles. The van der Waals surface area contributed by atoms with Crippen LogP contribution in [0.15, 0.2) is 24.0 Å². The van der Waals surface area contributed by atoms with Gasteiger partial charge in [0.25, 0.3) is 0 Å². The molecule has 1 aromatic rings. The van der Waals surface area contributed by atoms with Gasteiger partial charge in [-0.15, -0.1) is 0 Å². The van der Waals surface area contributed by atoms with Crippen molar-refractivity contribution < 1.29 is 5.11 Å². The van der Waals surface area contributed by atoms with Crippen LogP contribution in [-0.4, -0.2) is 21.0 Å². The van der Waals surface area contributed by atoms with Gasteiger partial charge in [0.15, 0.2) is 0 Å². The van der Waals surface area contributed by atoms with Crippen molar-refractivity contribution in [2.75, 3.05) is 0 Å². The number of aliphatic hydroxyl groups is 1. The Hall–Kier alpha value is -1.09. The van der Waals surface area contributed by atoms with E-state index in [1.54, 1.807) is 0 Å². The molecule has 0 aliphatic heterocycles. The van der Waals surface area contributed by atoms with Gasteiger partial charge in [-0.05, 0) is 31.2 Å². The van der Waals surface area contributed by atoms with Crippen molar-refractivity contribution in [1.29, 1.82) is 0 Å². The second kappa shape index (κ2) is 3.96. The van der Waals surface area contributed by atoms with E-state index in [-0.39, 0.29) is 6.10 Å². The van der Waals surface area contributed by atoms with Gasteiger partial charge in [0.1, 0.15) is 0 Å². The molecule has 3 nitrogen and oxygen atoms in total. The van der Waals surface area contributed by atoms with E-state index in [2.05, 4.69) is 5.10 Å². The highest BCUT2D eigenvalue weighted by Crippen LogP contribution is 2.22. The molecule has 1 aromatic heterocycles. The lowest BCUT2D eigenvalue weighted by molar-refractivity contribution is 0.223. The van der Waals surface area contributed by atoms with E-state index in [4.69, 9.17) is 0 Å². The Morgan fingerprint density at radius 3 is 3.00 bits per heavy atom. The summed E-state index contributed by atoms with van der Waals surface area (Å²) in [5.41, 5.74) is 2.66. The molecule has 1 heterocycles. The largest absolute Gasteiger partial charge is 0.389 e. The van der Waals surface area contributed by atoms with E-state index in [0.29, 0.717) is 0 Å². The minimum Gasteiger partial charge on any atom is -0.389 e. The van der Waals surface area contributed by atoms with Gasteiger partial charge in [-0.25, -0.2) is 0 Å². The van der Waals surface area contributed by atoms with Gasteiger partial charge in [-0.3, -0.25) is 4.68 Å². The van der Waals surface area contributed by atoms with Crippen LogP contribution in [0.4, 0.5) is 0 Å². The lowest BCUT2D eigenvalue weighted by atomic mass is 10.1. The van der Waals surface area contributed by atoms with Gasteiger partial charge < -0.3 is 5.11 Å². The molecule has 0 amide bonds. The topological polar surface area (TPSA) is 38.0 Å². The maximum atomic E-state index is 9.31. The SMILES string of the molecule is Cn1cc(CCC2=CC(O)CC2)cn1. The Kier molecular flexibility index (Phi) is 2.68. The van der Waals surface area contributed by atoms with Crippen molar-refractivity contribution in [3.63, 3.8) is 0 Å². The molecule has 0 spiro atoms. The van der Waals surface area contributed by atoms with E-state index >= 15 is 0 Å². The Morgan fingerprint density at radius 2 is 2.43 bits per heavy atom. The van der Waals surface area contributed by atoms with Gasteiger partial charge in [0.05, 0.1) is 12.3 Å². The van der Waals surface area contributed by atoms with E-state index < -0.39 is 0 Å². The number of aliphatic hydroxyl groups excluding tert-OH is 1. The van der Waals surface area contributed by atoms with Crippen LogP contribution >= 0.6 is 0 Å². The van der Waals surface area contributed by atoms with Crippen LogP contribution in [0.3, 0.4) is 0 Å². The molecular formula is C11H16N2O. The minimum absolute atomic E-state index is 0.195. The molecule has 3 heteroatoms. The summed E-state index contributed by atoms with van der Waals surface area (Å²) in [5.74, 6) is 0. The molecular weight excluding hydrogens is 176 g/mol. The lowest BCUT2D eigenvalue weighted by Gasteiger charge is -1.98. The second-order valence-corrected chi connectivity index (χ2v) is 3.95. The quantitative estimate of drug-likeness (QED) is 0.736. The molecule has 1 atom stereocenters. The maximum Gasteiger partial charge on any atom is 0.0726 e. The highest BCUT2D eigenvalue weighted by molar-refractivity contribution is 5.15. The highest BCUT2D eigenvalue weighted by Gasteiger charge is 2.12. The molecule has 0 aromatic carbocycles. The third-order valence-electron chi connectivity index (χ3n) is 2.68. The fraction of sp³-hybridized carbons (Fsp3) is 0.545. The average molecular weight is 192 g/mol. The summed E-state index contributed by atoms with van der Waals surface area (Å²) in [6.45, 7) is 0. The minimum atomic E-state index is -0.195. The van der Waals surface area contributed by atoms with Crippen molar-refractivity contribution >= 4 is 0 Å². The molecule has 0 saturated heterocycles. The summed E-state index contributed by atoms with van der Waals surface area (Å²) in [5, 5.41) is 13.4. The van der Waals surface area contributed by atoms with Crippen LogP contribution in [-0.2, 0) is 13.5 Å². The number of hydrogen-bond acceptors (Lipinski definition) is 2. The van der Waals surface area contributed by atoms with Crippen molar-refractivity contribution in [2.45, 2.75) is 31.8 Å². The van der Waals surface area contributed by atoms with Crippen LogP contribution in [0, 0.1) is 0 Å². The van der Waals surface area contributed by atoms with Gasteiger partial charge in [-0.2, -0.15) is 5.10 Å². The third kappa shape index (κ3) is 2.23. The average Bonchev–Trinajstić information content (AvgIpc) is 2.72. The zero-order valence-corrected chi connectivity index (χ0v) is 8.48. The zero-order chi connectivity index (χ0) is 9.97. The summed E-state index contributed by atoms with van der Waals surface area (Å²) in [6, 6.07) is 0. The maximum absolute atomic E-state index is 9.31. The highest BCUT2D eigenvalue weighted by atomic mass is 16.3. The van der Waals surface area contributed by atoms with E-state index in [1.165, 1.54) is 11.1 Å². The number of nitrogens with zero attached hydrogens (tertiary/aromatic N) is 2. The fourth-order valence-corrected chi connectivity index (χ4v) is 1.89. The molecule has 1 N–H and O–H groups in total. The monoisotopic (exact) mass is 192 g/mol. The molecule has 0 saturated carbocycles. The van der Waals surface area contributed by atoms with E-state index in [0.717, 1.165) is 25.7 Å². The zero-order valence-electron chi connectivity index (χ0n) is 8.48. The van der Waals surface area contributed by atoms with Crippen LogP contribution in [0.1, 0.15) is 24.8 Å². The van der Waals surface area contributed by atoms with Gasteiger partial charge in [-0.1, -0.05) is 11.6 Å². The number of rotatable bonds is 3. The summed E-state index contributed by atoms with van der Waals surface area (Å²) >= 11 is 0. The van der Waals surface area contributed by atoms with Gasteiger partial charge in [0.2, 0.25) is 0 Å². The fourth-order valence-electron chi connectivity index (χ4n) is 1.89. The molecule has 2 rings (SSSR count). The van der Waals surface area contributed by atoms with Gasteiger partial charge >= 0.3 is 0 Å². The standard InChI is InChI=1S/C11H16N2O/c1-13-8-10(7-12-13)3-2-9-4-5-11(14)6-9/h6-8,11,14H,2-5H2,1H3. The first-order valence-electron chi connectivity index (χ1n) is 5.09. The second-order valence-electron chi connectivity index (χ2n) is 3.95. The van der Waals surface area contributed by atoms with Crippen molar-refractivity contribution in [2.24, 2.45) is 7.05 Å². The van der Waals surface area contributed by atoms with Crippen LogP contribution < -0.4 is 0 Å². The summed E-state index contributed by atoms with van der Waals surface area (Å²) < 4.78 is 1.83. The summed E-state index contributed by atoms with van der Waals surface area (Å²) in [6.07, 6.45) is 9.81. The summed E-state index contributed by atoms with van der Waals surface area (Å²) in [4.78, 5) is 0. The Morgan fingerprint density at radius 1 is 1.57 bits per heavy atom. The molecule has 1 aliphatic rings. The van der Waals surface area contributed by atoms with E-state index in [1.807, 2.05) is 30.2 Å². The Balaban J connectivity index is 1.86. The molecule has 0 radical (unpaired) electrons. The molecule has 1 unspecified atom stereocenters. The Bertz CT molecular complexity index is 341. The first kappa shape index (κ1) is 9.46. The number of hydrogen-bond donors (Lipinski definition) is 1. The number of allylic oxidation sites excluding steroid dienone is 1. The number of aryl methyl sites for hydroxylation is 2. The first-order chi connectivity index (χ1) is 6.74. The smallest absolute Gasteiger partial charge is 0.0726 e. The van der Waals surface area contributed by atoms with Crippen LogP contribution in [0.2, 0.25) is 0 Å². The predicted octanol–water partition coefficient (Wildman–Crippen LogP) is 1.43. The normalized spacial score (nSPS) is 21.3. The van der Waals surface area contributed by atoms with Gasteiger partial charge in [0, 0.05) is 13.2 Å². The van der Waals surface area contributed by atoms with Crippen LogP contribution in [0.25, 0.3) is 0 Å². The number of aromatic nitrogens is 2. The molecule has 14 heavy (non-hydrogen) atoms. The van der Waals surface area contributed by atoms with Crippen molar-refractivity contribution in [3.8, 4) is 0 Å². The molecule has 76 valence electrons. The molecule has 0 fully saturated rings. The van der Waals surface area contributed by atoms with Crippen molar-refractivity contribution in [3.05, 3.63) is 29.6 Å². The molecule has 0 bridgehead atoms. The van der Waals surface area contributed by atoms with Crippen LogP contribution in [0.5, 0.6) is 0 Å². The lowest BCUT2D eigenvalue weighted by Crippen LogP contribution is -1.93. The summed E-state index contributed by atoms with van der Waals surface area (Å²) in [7, 11) is 1.93. The third-order valence-corrected chi connectivity index (χ3v) is 2.68. The first-order valence-corrected chi connectivity index (χ1v) is 5.09. The van der Waals surface area contributed by atoms with Crippen molar-refractivity contribution in [1.82, 2.24) is 9.78 Å². The Labute approximate surface area is 84.1 Å². The van der Waals surface area contributed by atoms with E-state index in [9.17, 15) is 5.11 Å². The predicted molar refractivity (Wildman–Crippen MR) is 54.9 cm³/mol.